The van der Waals surface area contributed by atoms with Crippen molar-refractivity contribution in [3.8, 4) is 5.88 Å². The number of nitrogens with zero attached hydrogens (tertiary/aromatic N) is 2. The van der Waals surface area contributed by atoms with Gasteiger partial charge in [0.2, 0.25) is 5.88 Å². The van der Waals surface area contributed by atoms with Crippen molar-refractivity contribution in [3.05, 3.63) is 17.8 Å². The van der Waals surface area contributed by atoms with Gasteiger partial charge < -0.3 is 18.6 Å². The van der Waals surface area contributed by atoms with E-state index in [2.05, 4.69) is 4.98 Å². The Balaban J connectivity index is 2.40. The molecular formula is C20H35BN2O4S. The zero-order valence-corrected chi connectivity index (χ0v) is 19.8. The lowest BCUT2D eigenvalue weighted by Gasteiger charge is -2.35. The first kappa shape index (κ1) is 23.5. The van der Waals surface area contributed by atoms with Crippen LogP contribution in [-0.2, 0) is 20.7 Å². The third-order valence-corrected chi connectivity index (χ3v) is 7.61. The summed E-state index contributed by atoms with van der Waals surface area (Å²) in [5, 5.41) is 0. The lowest BCUT2D eigenvalue weighted by atomic mass is 9.78. The molecule has 1 aliphatic heterocycles. The summed E-state index contributed by atoms with van der Waals surface area (Å²) in [4.78, 5) is 4.49. The first-order valence-corrected chi connectivity index (χ1v) is 10.9. The number of ether oxygens (including phenoxy) is 1. The molecular weight excluding hydrogens is 375 g/mol. The van der Waals surface area contributed by atoms with Gasteiger partial charge in [-0.3, -0.25) is 0 Å². The standard InChI is InChI=1S/C20H35BN2O4S/c1-11-23(28(24)18(3,4)5)14(2)15-12-16(17(25-10)22-13-15)21-26-19(6,7)20(8,9)27-21/h12-14H,11H2,1-10H3/t14-,28?/m1/s1. The van der Waals surface area contributed by atoms with Crippen molar-refractivity contribution in [1.29, 1.82) is 0 Å². The molecule has 1 fully saturated rings. The molecule has 1 aliphatic rings. The molecule has 1 aromatic rings. The molecule has 0 saturated carbocycles. The van der Waals surface area contributed by atoms with Crippen LogP contribution in [0.15, 0.2) is 12.3 Å². The Labute approximate surface area is 173 Å². The zero-order chi connectivity index (χ0) is 21.5. The highest BCUT2D eigenvalue weighted by Gasteiger charge is 2.53. The van der Waals surface area contributed by atoms with Crippen LogP contribution in [0.25, 0.3) is 0 Å². The van der Waals surface area contributed by atoms with Crippen molar-refractivity contribution >= 4 is 23.9 Å². The van der Waals surface area contributed by atoms with Crippen molar-refractivity contribution in [3.63, 3.8) is 0 Å². The Bertz CT molecular complexity index is 677. The molecule has 2 rings (SSSR count). The van der Waals surface area contributed by atoms with Crippen LogP contribution < -0.4 is 10.2 Å². The quantitative estimate of drug-likeness (QED) is 0.530. The highest BCUT2D eigenvalue weighted by Crippen LogP contribution is 2.37. The molecule has 0 radical (unpaired) electrons. The Morgan fingerprint density at radius 2 is 1.79 bits per heavy atom. The minimum Gasteiger partial charge on any atom is -0.597 e. The van der Waals surface area contributed by atoms with Crippen molar-refractivity contribution in [2.45, 2.75) is 84.3 Å². The minimum absolute atomic E-state index is 0.0790. The molecule has 0 amide bonds. The molecule has 0 spiro atoms. The predicted molar refractivity (Wildman–Crippen MR) is 115 cm³/mol. The summed E-state index contributed by atoms with van der Waals surface area (Å²) < 4.78 is 32.5. The van der Waals surface area contributed by atoms with E-state index in [1.54, 1.807) is 13.3 Å². The molecule has 2 heterocycles. The number of pyridine rings is 1. The maximum absolute atomic E-state index is 13.0. The molecule has 0 aliphatic carbocycles. The zero-order valence-electron chi connectivity index (χ0n) is 19.0. The molecule has 6 nitrogen and oxygen atoms in total. The van der Waals surface area contributed by atoms with Crippen LogP contribution in [0.5, 0.6) is 5.88 Å². The molecule has 0 bridgehead atoms. The second-order valence-electron chi connectivity index (χ2n) is 9.23. The van der Waals surface area contributed by atoms with Gasteiger partial charge in [-0.25, -0.2) is 4.98 Å². The van der Waals surface area contributed by atoms with Gasteiger partial charge in [-0.1, -0.05) is 6.07 Å². The molecule has 2 atom stereocenters. The fraction of sp³-hybridized carbons (Fsp3) is 0.750. The van der Waals surface area contributed by atoms with E-state index < -0.39 is 29.7 Å². The van der Waals surface area contributed by atoms with E-state index in [0.29, 0.717) is 12.4 Å². The van der Waals surface area contributed by atoms with Gasteiger partial charge in [0, 0.05) is 29.6 Å². The van der Waals surface area contributed by atoms with Gasteiger partial charge in [0.25, 0.3) is 0 Å². The molecule has 28 heavy (non-hydrogen) atoms. The van der Waals surface area contributed by atoms with E-state index in [4.69, 9.17) is 14.0 Å². The lowest BCUT2D eigenvalue weighted by Crippen LogP contribution is -2.44. The summed E-state index contributed by atoms with van der Waals surface area (Å²) in [7, 11) is 1.02. The van der Waals surface area contributed by atoms with Gasteiger partial charge in [-0.05, 0) is 67.9 Å². The van der Waals surface area contributed by atoms with Crippen LogP contribution in [0.4, 0.5) is 0 Å². The van der Waals surface area contributed by atoms with E-state index >= 15 is 0 Å². The molecule has 1 aromatic heterocycles. The van der Waals surface area contributed by atoms with E-state index in [9.17, 15) is 4.55 Å². The fourth-order valence-corrected chi connectivity index (χ4v) is 4.42. The molecule has 8 heteroatoms. The number of rotatable bonds is 6. The Hall–Kier alpha value is -0.795. The second-order valence-corrected chi connectivity index (χ2v) is 11.4. The first-order valence-electron chi connectivity index (χ1n) is 9.83. The summed E-state index contributed by atoms with van der Waals surface area (Å²) in [5.74, 6) is 0.481. The summed E-state index contributed by atoms with van der Waals surface area (Å²) in [6.07, 6.45) is 1.78. The Kier molecular flexibility index (Phi) is 6.83. The maximum atomic E-state index is 13.0. The Morgan fingerprint density at radius 3 is 2.21 bits per heavy atom. The van der Waals surface area contributed by atoms with Crippen LogP contribution in [-0.4, -0.2) is 50.6 Å². The second kappa shape index (κ2) is 8.15. The summed E-state index contributed by atoms with van der Waals surface area (Å²) in [5.41, 5.74) is 0.800. The smallest absolute Gasteiger partial charge is 0.500 e. The molecule has 1 saturated heterocycles. The van der Waals surface area contributed by atoms with Gasteiger partial charge in [-0.2, -0.15) is 0 Å². The SMILES string of the molecule is CCN([C@H](C)c1cnc(OC)c(B2OC(C)(C)C(C)(C)O2)c1)[S+]([O-])C(C)(C)C. The topological polar surface area (TPSA) is 66.9 Å². The van der Waals surface area contributed by atoms with Crippen LogP contribution in [0.1, 0.15) is 73.9 Å². The van der Waals surface area contributed by atoms with Crippen LogP contribution in [0, 0.1) is 0 Å². The summed E-state index contributed by atoms with van der Waals surface area (Å²) in [6, 6.07) is 1.92. The van der Waals surface area contributed by atoms with Gasteiger partial charge in [0.05, 0.1) is 24.4 Å². The average molecular weight is 410 g/mol. The van der Waals surface area contributed by atoms with Crippen molar-refractivity contribution in [2.75, 3.05) is 13.7 Å². The van der Waals surface area contributed by atoms with E-state index in [-0.39, 0.29) is 10.8 Å². The van der Waals surface area contributed by atoms with E-state index in [0.717, 1.165) is 11.0 Å². The van der Waals surface area contributed by atoms with Gasteiger partial charge in [0.15, 0.2) is 0 Å². The fourth-order valence-electron chi connectivity index (χ4n) is 3.08. The highest BCUT2D eigenvalue weighted by molar-refractivity contribution is 7.90. The van der Waals surface area contributed by atoms with Crippen molar-refractivity contribution in [2.24, 2.45) is 0 Å². The van der Waals surface area contributed by atoms with Crippen molar-refractivity contribution in [1.82, 2.24) is 9.29 Å². The number of hydrogen-bond donors (Lipinski definition) is 0. The number of methoxy groups -OCH3 is 1. The average Bonchev–Trinajstić information content (AvgIpc) is 2.81. The van der Waals surface area contributed by atoms with E-state index in [1.165, 1.54) is 0 Å². The minimum atomic E-state index is -1.13. The molecule has 1 unspecified atom stereocenters. The normalized spacial score (nSPS) is 21.1. The summed E-state index contributed by atoms with van der Waals surface area (Å²) >= 11 is -1.13. The predicted octanol–water partition coefficient (Wildman–Crippen LogP) is 3.23. The molecule has 158 valence electrons. The number of aromatic nitrogens is 1. The molecule has 0 N–H and O–H groups in total. The van der Waals surface area contributed by atoms with Crippen molar-refractivity contribution < 1.29 is 18.6 Å². The third kappa shape index (κ3) is 4.51. The number of hydrogen-bond acceptors (Lipinski definition) is 6. The maximum Gasteiger partial charge on any atom is 0.500 e. The lowest BCUT2D eigenvalue weighted by molar-refractivity contribution is 0.00578. The van der Waals surface area contributed by atoms with Crippen LogP contribution >= 0.6 is 0 Å². The van der Waals surface area contributed by atoms with E-state index in [1.807, 2.05) is 72.7 Å². The van der Waals surface area contributed by atoms with Gasteiger partial charge >= 0.3 is 7.12 Å². The third-order valence-electron chi connectivity index (χ3n) is 5.56. The highest BCUT2D eigenvalue weighted by atomic mass is 32.2. The Morgan fingerprint density at radius 1 is 1.25 bits per heavy atom. The van der Waals surface area contributed by atoms with Crippen LogP contribution in [0.2, 0.25) is 0 Å². The monoisotopic (exact) mass is 410 g/mol. The first-order chi connectivity index (χ1) is 12.7. The van der Waals surface area contributed by atoms with Crippen LogP contribution in [0.3, 0.4) is 0 Å². The molecule has 0 aromatic carbocycles. The van der Waals surface area contributed by atoms with Gasteiger partial charge in [0.1, 0.15) is 4.75 Å². The largest absolute Gasteiger partial charge is 0.597 e. The van der Waals surface area contributed by atoms with Gasteiger partial charge in [-0.15, -0.1) is 4.31 Å². The summed E-state index contributed by atoms with van der Waals surface area (Å²) in [6.45, 7) is 18.8.